The average Bonchev–Trinajstić information content (AvgIpc) is 2.70. The van der Waals surface area contributed by atoms with Gasteiger partial charge in [-0.15, -0.1) is 0 Å². The molecule has 1 fully saturated rings. The number of rotatable bonds is 4. The molecule has 0 saturated carbocycles. The van der Waals surface area contributed by atoms with E-state index in [9.17, 15) is 13.2 Å². The summed E-state index contributed by atoms with van der Waals surface area (Å²) in [5.41, 5.74) is 4.76. The number of anilines is 1. The fourth-order valence-corrected chi connectivity index (χ4v) is 4.99. The normalized spacial score (nSPS) is 15.5. The van der Waals surface area contributed by atoms with Crippen LogP contribution in [0.2, 0.25) is 0 Å². The third-order valence-corrected chi connectivity index (χ3v) is 7.37. The monoisotopic (exact) mass is 401 g/mol. The quantitative estimate of drug-likeness (QED) is 0.855. The second kappa shape index (κ2) is 7.93. The summed E-state index contributed by atoms with van der Waals surface area (Å²) in [5, 5.41) is 2.56. The molecule has 0 unspecified atom stereocenters. The van der Waals surface area contributed by atoms with E-state index in [4.69, 9.17) is 0 Å². The van der Waals surface area contributed by atoms with Gasteiger partial charge in [0.25, 0.3) is 5.91 Å². The molecule has 3 rings (SSSR count). The zero-order valence-corrected chi connectivity index (χ0v) is 17.6. The minimum Gasteiger partial charge on any atom is -0.369 e. The Morgan fingerprint density at radius 2 is 1.64 bits per heavy atom. The lowest BCUT2D eigenvalue weighted by Crippen LogP contribution is -2.48. The number of carbonyl (C=O) groups excluding carboxylic acids is 1. The fourth-order valence-electron chi connectivity index (χ4n) is 3.54. The molecular formula is C21H27N3O3S. The van der Waals surface area contributed by atoms with Crippen molar-refractivity contribution in [1.29, 1.82) is 0 Å². The molecule has 1 amide bonds. The molecule has 1 aliphatic rings. The van der Waals surface area contributed by atoms with Crippen molar-refractivity contribution in [3.63, 3.8) is 0 Å². The number of nitrogens with zero attached hydrogens (tertiary/aromatic N) is 2. The van der Waals surface area contributed by atoms with Gasteiger partial charge in [0.1, 0.15) is 0 Å². The van der Waals surface area contributed by atoms with E-state index in [-0.39, 0.29) is 10.8 Å². The number of hydrogen-bond donors (Lipinski definition) is 1. The van der Waals surface area contributed by atoms with Crippen LogP contribution in [-0.4, -0.2) is 51.9 Å². The molecule has 1 saturated heterocycles. The van der Waals surface area contributed by atoms with Crippen LogP contribution >= 0.6 is 0 Å². The SMILES string of the molecule is CNC(=O)c1cc(S(=O)(=O)N2CCN(c3cccc(C)c3C)CC2)ccc1C. The fraction of sp³-hybridized carbons (Fsp3) is 0.381. The van der Waals surface area contributed by atoms with Crippen molar-refractivity contribution in [2.45, 2.75) is 25.7 Å². The molecule has 6 nitrogen and oxygen atoms in total. The van der Waals surface area contributed by atoms with Gasteiger partial charge in [0, 0.05) is 44.5 Å². The van der Waals surface area contributed by atoms with Crippen molar-refractivity contribution in [3.8, 4) is 0 Å². The maximum absolute atomic E-state index is 13.1. The van der Waals surface area contributed by atoms with Crippen LogP contribution in [0.3, 0.4) is 0 Å². The first-order valence-corrected chi connectivity index (χ1v) is 10.8. The molecular weight excluding hydrogens is 374 g/mol. The van der Waals surface area contributed by atoms with E-state index in [0.717, 1.165) is 11.3 Å². The molecule has 1 aliphatic heterocycles. The summed E-state index contributed by atoms with van der Waals surface area (Å²) in [5.74, 6) is -0.283. The third-order valence-electron chi connectivity index (χ3n) is 5.47. The molecule has 0 radical (unpaired) electrons. The largest absolute Gasteiger partial charge is 0.369 e. The molecule has 7 heteroatoms. The van der Waals surface area contributed by atoms with E-state index in [1.165, 1.54) is 28.5 Å². The first kappa shape index (κ1) is 20.4. The number of amides is 1. The van der Waals surface area contributed by atoms with Crippen molar-refractivity contribution >= 4 is 21.6 Å². The smallest absolute Gasteiger partial charge is 0.251 e. The zero-order valence-electron chi connectivity index (χ0n) is 16.8. The molecule has 28 heavy (non-hydrogen) atoms. The zero-order chi connectivity index (χ0) is 20.5. The molecule has 1 heterocycles. The number of aryl methyl sites for hydroxylation is 2. The van der Waals surface area contributed by atoms with Crippen molar-refractivity contribution in [3.05, 3.63) is 58.7 Å². The molecule has 2 aromatic rings. The van der Waals surface area contributed by atoms with Gasteiger partial charge in [-0.3, -0.25) is 4.79 Å². The highest BCUT2D eigenvalue weighted by Crippen LogP contribution is 2.26. The predicted molar refractivity (Wildman–Crippen MR) is 111 cm³/mol. The Labute approximate surface area is 167 Å². The Bertz CT molecular complexity index is 994. The average molecular weight is 402 g/mol. The van der Waals surface area contributed by atoms with Gasteiger partial charge in [0.05, 0.1) is 4.90 Å². The van der Waals surface area contributed by atoms with Crippen LogP contribution in [-0.2, 0) is 10.0 Å². The van der Waals surface area contributed by atoms with Crippen LogP contribution in [0.5, 0.6) is 0 Å². The Morgan fingerprint density at radius 1 is 0.964 bits per heavy atom. The Morgan fingerprint density at radius 3 is 2.29 bits per heavy atom. The van der Waals surface area contributed by atoms with Gasteiger partial charge >= 0.3 is 0 Å². The summed E-state index contributed by atoms with van der Waals surface area (Å²) < 4.78 is 27.7. The summed E-state index contributed by atoms with van der Waals surface area (Å²) in [7, 11) is -2.10. The molecule has 0 atom stereocenters. The van der Waals surface area contributed by atoms with Crippen LogP contribution in [0.25, 0.3) is 0 Å². The Kier molecular flexibility index (Phi) is 5.76. The highest BCUT2D eigenvalue weighted by molar-refractivity contribution is 7.89. The summed E-state index contributed by atoms with van der Waals surface area (Å²) in [6.45, 7) is 8.08. The summed E-state index contributed by atoms with van der Waals surface area (Å²) in [6.07, 6.45) is 0. The van der Waals surface area contributed by atoms with E-state index >= 15 is 0 Å². The number of sulfonamides is 1. The predicted octanol–water partition coefficient (Wildman–Crippen LogP) is 2.48. The van der Waals surface area contributed by atoms with E-state index < -0.39 is 10.0 Å². The van der Waals surface area contributed by atoms with Gasteiger partial charge in [-0.05, 0) is 55.7 Å². The van der Waals surface area contributed by atoms with E-state index in [0.29, 0.717) is 31.7 Å². The molecule has 1 N–H and O–H groups in total. The van der Waals surface area contributed by atoms with Crippen LogP contribution in [0.1, 0.15) is 27.0 Å². The summed E-state index contributed by atoms with van der Waals surface area (Å²) in [4.78, 5) is 14.4. The molecule has 0 aromatic heterocycles. The summed E-state index contributed by atoms with van der Waals surface area (Å²) >= 11 is 0. The third kappa shape index (κ3) is 3.77. The van der Waals surface area contributed by atoms with Gasteiger partial charge in [0.15, 0.2) is 0 Å². The highest BCUT2D eigenvalue weighted by atomic mass is 32.2. The molecule has 0 aliphatic carbocycles. The maximum atomic E-state index is 13.1. The van der Waals surface area contributed by atoms with E-state index in [1.54, 1.807) is 19.1 Å². The van der Waals surface area contributed by atoms with Crippen LogP contribution in [0.4, 0.5) is 5.69 Å². The van der Waals surface area contributed by atoms with Gasteiger partial charge in [-0.2, -0.15) is 4.31 Å². The summed E-state index contributed by atoms with van der Waals surface area (Å²) in [6, 6.07) is 10.9. The number of nitrogens with one attached hydrogen (secondary N) is 1. The Balaban J connectivity index is 1.80. The van der Waals surface area contributed by atoms with Crippen molar-refractivity contribution in [1.82, 2.24) is 9.62 Å². The second-order valence-corrected chi connectivity index (χ2v) is 9.10. The number of hydrogen-bond acceptors (Lipinski definition) is 4. The number of piperazine rings is 1. The number of benzene rings is 2. The van der Waals surface area contributed by atoms with Crippen LogP contribution in [0, 0.1) is 20.8 Å². The minimum atomic E-state index is -3.64. The molecule has 0 spiro atoms. The lowest BCUT2D eigenvalue weighted by molar-refractivity contribution is 0.0962. The standard InChI is InChI=1S/C21H27N3O3S/c1-15-6-5-7-20(17(15)3)23-10-12-24(13-11-23)28(26,27)18-9-8-16(2)19(14-18)21(25)22-4/h5-9,14H,10-13H2,1-4H3,(H,22,25). The van der Waals surface area contributed by atoms with Crippen LogP contribution in [0.15, 0.2) is 41.3 Å². The second-order valence-electron chi connectivity index (χ2n) is 7.17. The van der Waals surface area contributed by atoms with Gasteiger partial charge in [-0.25, -0.2) is 8.42 Å². The first-order valence-electron chi connectivity index (χ1n) is 9.39. The van der Waals surface area contributed by atoms with Crippen molar-refractivity contribution in [2.75, 3.05) is 38.1 Å². The lowest BCUT2D eigenvalue weighted by atomic mass is 10.1. The first-order chi connectivity index (χ1) is 13.3. The topological polar surface area (TPSA) is 69.7 Å². The number of carbonyl (C=O) groups is 1. The minimum absolute atomic E-state index is 0.164. The molecule has 0 bridgehead atoms. The van der Waals surface area contributed by atoms with Crippen molar-refractivity contribution < 1.29 is 13.2 Å². The van der Waals surface area contributed by atoms with Crippen LogP contribution < -0.4 is 10.2 Å². The van der Waals surface area contributed by atoms with Gasteiger partial charge in [-0.1, -0.05) is 18.2 Å². The van der Waals surface area contributed by atoms with E-state index in [2.05, 4.69) is 36.2 Å². The molecule has 150 valence electrons. The highest BCUT2D eigenvalue weighted by Gasteiger charge is 2.29. The van der Waals surface area contributed by atoms with E-state index in [1.807, 2.05) is 6.07 Å². The Hall–Kier alpha value is -2.38. The lowest BCUT2D eigenvalue weighted by Gasteiger charge is -2.36. The van der Waals surface area contributed by atoms with Gasteiger partial charge < -0.3 is 10.2 Å². The van der Waals surface area contributed by atoms with Crippen molar-refractivity contribution in [2.24, 2.45) is 0 Å². The maximum Gasteiger partial charge on any atom is 0.251 e. The van der Waals surface area contributed by atoms with Gasteiger partial charge in [0.2, 0.25) is 10.0 Å². The molecule has 2 aromatic carbocycles.